The second-order valence-electron chi connectivity index (χ2n) is 6.69. The van der Waals surface area contributed by atoms with Gasteiger partial charge in [-0.2, -0.15) is 0 Å². The maximum Gasteiger partial charge on any atom is 0.255 e. The normalized spacial score (nSPS) is 10.7. The highest BCUT2D eigenvalue weighted by Gasteiger charge is 2.10. The van der Waals surface area contributed by atoms with Crippen LogP contribution in [0.4, 0.5) is 5.69 Å². The van der Waals surface area contributed by atoms with Gasteiger partial charge in [0.25, 0.3) is 5.91 Å². The molecule has 0 spiro atoms. The number of aromatic hydroxyl groups is 1. The van der Waals surface area contributed by atoms with E-state index in [1.54, 1.807) is 29.7 Å². The summed E-state index contributed by atoms with van der Waals surface area (Å²) in [5.74, 6) is -0.0822. The second-order valence-corrected chi connectivity index (χ2v) is 7.63. The Hall–Kier alpha value is -3.51. The number of benzene rings is 2. The molecule has 0 fully saturated rings. The summed E-state index contributed by atoms with van der Waals surface area (Å²) in [7, 11) is 0. The number of hydrogen-bond acceptors (Lipinski definition) is 5. The molecule has 144 valence electrons. The van der Waals surface area contributed by atoms with E-state index in [0.717, 1.165) is 33.1 Å². The van der Waals surface area contributed by atoms with Gasteiger partial charge in [-0.15, -0.1) is 11.3 Å². The zero-order valence-electron chi connectivity index (χ0n) is 15.8. The summed E-state index contributed by atoms with van der Waals surface area (Å²) in [6.07, 6.45) is 4.25. The first-order chi connectivity index (χ1) is 14.1. The van der Waals surface area contributed by atoms with Crippen molar-refractivity contribution < 1.29 is 9.90 Å². The second kappa shape index (κ2) is 8.24. The fraction of sp³-hybridized carbons (Fsp3) is 0.0870. The number of aryl methyl sites for hydroxylation is 1. The Morgan fingerprint density at radius 3 is 2.72 bits per heavy atom. The van der Waals surface area contributed by atoms with E-state index in [1.165, 1.54) is 12.1 Å². The minimum absolute atomic E-state index is 0.133. The highest BCUT2D eigenvalue weighted by Crippen LogP contribution is 2.25. The Morgan fingerprint density at radius 1 is 1.14 bits per heavy atom. The van der Waals surface area contributed by atoms with Crippen molar-refractivity contribution in [2.45, 2.75) is 13.3 Å². The number of carbonyl (C=O) groups is 1. The molecule has 0 aliphatic heterocycles. The quantitative estimate of drug-likeness (QED) is 0.490. The number of phenols is 1. The molecule has 29 heavy (non-hydrogen) atoms. The number of anilines is 1. The molecule has 0 bridgehead atoms. The van der Waals surface area contributed by atoms with E-state index in [2.05, 4.69) is 17.2 Å². The first-order valence-corrected chi connectivity index (χ1v) is 10.0. The summed E-state index contributed by atoms with van der Waals surface area (Å²) in [5, 5.41) is 15.3. The SMILES string of the molecule is Cc1ccc(NC(=O)c2ccc(O)cc2)cc1Cc1nc(-c2cccnc2)cs1. The third kappa shape index (κ3) is 4.50. The third-order valence-corrected chi connectivity index (χ3v) is 5.44. The topological polar surface area (TPSA) is 75.1 Å². The summed E-state index contributed by atoms with van der Waals surface area (Å²) in [4.78, 5) is 21.3. The van der Waals surface area contributed by atoms with E-state index in [0.29, 0.717) is 12.0 Å². The minimum atomic E-state index is -0.215. The lowest BCUT2D eigenvalue weighted by molar-refractivity contribution is 0.102. The zero-order valence-corrected chi connectivity index (χ0v) is 16.6. The number of nitrogens with zero attached hydrogens (tertiary/aromatic N) is 2. The summed E-state index contributed by atoms with van der Waals surface area (Å²) in [5.41, 5.74) is 5.40. The Balaban J connectivity index is 1.51. The molecule has 0 saturated carbocycles. The fourth-order valence-electron chi connectivity index (χ4n) is 2.96. The fourth-order valence-corrected chi connectivity index (χ4v) is 3.78. The van der Waals surface area contributed by atoms with E-state index in [-0.39, 0.29) is 11.7 Å². The van der Waals surface area contributed by atoms with E-state index < -0.39 is 0 Å². The lowest BCUT2D eigenvalue weighted by atomic mass is 10.0. The predicted octanol–water partition coefficient (Wildman–Crippen LogP) is 5.06. The van der Waals surface area contributed by atoms with Crippen molar-refractivity contribution in [3.05, 3.63) is 94.1 Å². The maximum atomic E-state index is 12.4. The molecule has 6 heteroatoms. The molecule has 4 rings (SSSR count). The molecule has 0 aliphatic carbocycles. The zero-order chi connectivity index (χ0) is 20.2. The predicted molar refractivity (Wildman–Crippen MR) is 115 cm³/mol. The van der Waals surface area contributed by atoms with E-state index >= 15 is 0 Å². The van der Waals surface area contributed by atoms with Gasteiger partial charge in [0.1, 0.15) is 5.75 Å². The van der Waals surface area contributed by atoms with Crippen molar-refractivity contribution in [3.63, 3.8) is 0 Å². The Kier molecular flexibility index (Phi) is 5.35. The van der Waals surface area contributed by atoms with Crippen molar-refractivity contribution in [1.82, 2.24) is 9.97 Å². The van der Waals surface area contributed by atoms with Crippen LogP contribution in [0.1, 0.15) is 26.5 Å². The van der Waals surface area contributed by atoms with Gasteiger partial charge in [0.05, 0.1) is 10.7 Å². The first kappa shape index (κ1) is 18.8. The molecule has 5 nitrogen and oxygen atoms in total. The van der Waals surface area contributed by atoms with Crippen molar-refractivity contribution >= 4 is 22.9 Å². The van der Waals surface area contributed by atoms with E-state index in [1.807, 2.05) is 41.9 Å². The van der Waals surface area contributed by atoms with Gasteiger partial charge < -0.3 is 10.4 Å². The number of phenolic OH excluding ortho intramolecular Hbond substituents is 1. The number of nitrogens with one attached hydrogen (secondary N) is 1. The molecule has 0 atom stereocenters. The smallest absolute Gasteiger partial charge is 0.255 e. The Bertz CT molecular complexity index is 1140. The van der Waals surface area contributed by atoms with Crippen LogP contribution in [0.3, 0.4) is 0 Å². The molecule has 2 heterocycles. The Labute approximate surface area is 172 Å². The summed E-state index contributed by atoms with van der Waals surface area (Å²) in [6, 6.07) is 16.0. The molecule has 1 amide bonds. The van der Waals surface area contributed by atoms with Crippen molar-refractivity contribution in [2.24, 2.45) is 0 Å². The number of thiazole rings is 1. The molecule has 0 aliphatic rings. The van der Waals surface area contributed by atoms with Crippen LogP contribution in [0.25, 0.3) is 11.3 Å². The van der Waals surface area contributed by atoms with Crippen LogP contribution in [0, 0.1) is 6.92 Å². The van der Waals surface area contributed by atoms with E-state index in [4.69, 9.17) is 4.98 Å². The van der Waals surface area contributed by atoms with Crippen LogP contribution in [0.5, 0.6) is 5.75 Å². The van der Waals surface area contributed by atoms with Crippen LogP contribution in [-0.2, 0) is 6.42 Å². The molecular formula is C23H19N3O2S. The third-order valence-electron chi connectivity index (χ3n) is 4.59. The molecule has 2 aromatic carbocycles. The average Bonchev–Trinajstić information content (AvgIpc) is 3.20. The lowest BCUT2D eigenvalue weighted by Gasteiger charge is -2.10. The monoisotopic (exact) mass is 401 g/mol. The largest absolute Gasteiger partial charge is 0.508 e. The summed E-state index contributed by atoms with van der Waals surface area (Å²) in [6.45, 7) is 2.05. The van der Waals surface area contributed by atoms with Crippen LogP contribution in [0.2, 0.25) is 0 Å². The maximum absolute atomic E-state index is 12.4. The number of rotatable bonds is 5. The number of carbonyl (C=O) groups excluding carboxylic acids is 1. The average molecular weight is 401 g/mol. The molecule has 4 aromatic rings. The van der Waals surface area contributed by atoms with Gasteiger partial charge in [-0.1, -0.05) is 6.07 Å². The van der Waals surface area contributed by atoms with Crippen molar-refractivity contribution in [3.8, 4) is 17.0 Å². The van der Waals surface area contributed by atoms with Crippen LogP contribution < -0.4 is 5.32 Å². The van der Waals surface area contributed by atoms with Gasteiger partial charge in [0.2, 0.25) is 0 Å². The lowest BCUT2D eigenvalue weighted by Crippen LogP contribution is -2.12. The molecule has 0 saturated heterocycles. The van der Waals surface area contributed by atoms with Gasteiger partial charge in [-0.3, -0.25) is 9.78 Å². The van der Waals surface area contributed by atoms with Gasteiger partial charge >= 0.3 is 0 Å². The molecule has 2 aromatic heterocycles. The van der Waals surface area contributed by atoms with E-state index in [9.17, 15) is 9.90 Å². The van der Waals surface area contributed by atoms with Gasteiger partial charge in [0.15, 0.2) is 0 Å². The summed E-state index contributed by atoms with van der Waals surface area (Å²) < 4.78 is 0. The van der Waals surface area contributed by atoms with Crippen LogP contribution in [-0.4, -0.2) is 21.0 Å². The Morgan fingerprint density at radius 2 is 1.97 bits per heavy atom. The standard InChI is InChI=1S/C23H19N3O2S/c1-15-4-7-19(25-23(28)16-5-8-20(27)9-6-16)11-18(15)12-22-26-21(14-29-22)17-3-2-10-24-13-17/h2-11,13-14,27H,12H2,1H3,(H,25,28). The first-order valence-electron chi connectivity index (χ1n) is 9.13. The molecular weight excluding hydrogens is 382 g/mol. The number of pyridine rings is 1. The summed E-state index contributed by atoms with van der Waals surface area (Å²) >= 11 is 1.62. The highest BCUT2D eigenvalue weighted by atomic mass is 32.1. The van der Waals surface area contributed by atoms with Crippen LogP contribution in [0.15, 0.2) is 72.4 Å². The molecule has 0 radical (unpaired) electrons. The van der Waals surface area contributed by atoms with Crippen molar-refractivity contribution in [1.29, 1.82) is 0 Å². The molecule has 0 unspecified atom stereocenters. The minimum Gasteiger partial charge on any atom is -0.508 e. The van der Waals surface area contributed by atoms with Crippen molar-refractivity contribution in [2.75, 3.05) is 5.32 Å². The highest BCUT2D eigenvalue weighted by molar-refractivity contribution is 7.10. The van der Waals surface area contributed by atoms with Crippen LogP contribution >= 0.6 is 11.3 Å². The molecule has 2 N–H and O–H groups in total. The number of hydrogen-bond donors (Lipinski definition) is 2. The van der Waals surface area contributed by atoms with Gasteiger partial charge in [-0.25, -0.2) is 4.98 Å². The van der Waals surface area contributed by atoms with Gasteiger partial charge in [-0.05, 0) is 66.6 Å². The number of amides is 1. The van der Waals surface area contributed by atoms with Gasteiger partial charge in [0, 0.05) is 41.0 Å². The number of aromatic nitrogens is 2.